The molecule has 4 rings (SSSR count). The topological polar surface area (TPSA) is 38.4 Å². The van der Waals surface area contributed by atoms with E-state index in [1.165, 1.54) is 0 Å². The van der Waals surface area contributed by atoms with Crippen molar-refractivity contribution in [2.45, 2.75) is 26.4 Å². The Morgan fingerprint density at radius 2 is 2.09 bits per heavy atom. The van der Waals surface area contributed by atoms with Gasteiger partial charge in [0.25, 0.3) is 5.91 Å². The molecule has 0 aliphatic carbocycles. The molecule has 1 aliphatic rings. The van der Waals surface area contributed by atoms with E-state index in [-0.39, 0.29) is 11.9 Å². The number of nitrogens with zero attached hydrogens (tertiary/aromatic N) is 2. The van der Waals surface area contributed by atoms with Gasteiger partial charge in [-0.2, -0.15) is 0 Å². The average Bonchev–Trinajstić information content (AvgIpc) is 3.14. The molecule has 0 fully saturated rings. The van der Waals surface area contributed by atoms with Crippen LogP contribution in [0.2, 0.25) is 5.02 Å². The van der Waals surface area contributed by atoms with Gasteiger partial charge >= 0.3 is 0 Å². The second-order valence-electron chi connectivity index (χ2n) is 5.97. The molecule has 1 amide bonds. The van der Waals surface area contributed by atoms with Crippen molar-refractivity contribution >= 4 is 28.5 Å². The standard InChI is InChI=1S/C18H17ClN2O2/c1-11-13-5-3-6-14(19)17(13)23-16(11)18(22)21-10-9-20-8-4-7-15(20)12(21)2/h3-8,12H,9-10H2,1-2H3. The smallest absolute Gasteiger partial charge is 0.290 e. The van der Waals surface area contributed by atoms with Gasteiger partial charge in [0.15, 0.2) is 11.3 Å². The normalized spacial score (nSPS) is 17.5. The van der Waals surface area contributed by atoms with Gasteiger partial charge < -0.3 is 13.9 Å². The van der Waals surface area contributed by atoms with E-state index >= 15 is 0 Å². The molecule has 118 valence electrons. The Hall–Kier alpha value is -2.20. The van der Waals surface area contributed by atoms with Crippen molar-refractivity contribution in [3.8, 4) is 0 Å². The first-order valence-electron chi connectivity index (χ1n) is 7.71. The van der Waals surface area contributed by atoms with Crippen LogP contribution in [0, 0.1) is 6.92 Å². The van der Waals surface area contributed by atoms with Gasteiger partial charge in [0, 0.05) is 35.9 Å². The first-order chi connectivity index (χ1) is 11.1. The number of hydrogen-bond acceptors (Lipinski definition) is 2. The maximum Gasteiger partial charge on any atom is 0.290 e. The Labute approximate surface area is 139 Å². The SMILES string of the molecule is Cc1c(C(=O)N2CCn3cccc3C2C)oc2c(Cl)cccc12. The molecule has 0 saturated heterocycles. The van der Waals surface area contributed by atoms with Crippen LogP contribution in [0.15, 0.2) is 40.9 Å². The van der Waals surface area contributed by atoms with E-state index in [0.29, 0.717) is 22.9 Å². The van der Waals surface area contributed by atoms with Gasteiger partial charge in [-0.05, 0) is 32.0 Å². The van der Waals surface area contributed by atoms with Gasteiger partial charge in [0.1, 0.15) is 0 Å². The summed E-state index contributed by atoms with van der Waals surface area (Å²) in [6, 6.07) is 9.68. The van der Waals surface area contributed by atoms with Gasteiger partial charge in [-0.25, -0.2) is 0 Å². The number of furan rings is 1. The molecule has 3 aromatic rings. The molecule has 4 nitrogen and oxygen atoms in total. The second-order valence-corrected chi connectivity index (χ2v) is 6.38. The van der Waals surface area contributed by atoms with Crippen LogP contribution in [-0.4, -0.2) is 21.9 Å². The quantitative estimate of drug-likeness (QED) is 0.663. The summed E-state index contributed by atoms with van der Waals surface area (Å²) in [7, 11) is 0. The third-order valence-corrected chi connectivity index (χ3v) is 5.01. The van der Waals surface area contributed by atoms with Gasteiger partial charge in [-0.3, -0.25) is 4.79 Å². The first-order valence-corrected chi connectivity index (χ1v) is 8.09. The molecule has 5 heteroatoms. The summed E-state index contributed by atoms with van der Waals surface area (Å²) < 4.78 is 8.02. The Bertz CT molecular complexity index is 909. The minimum atomic E-state index is -0.0743. The Kier molecular flexibility index (Phi) is 3.23. The van der Waals surface area contributed by atoms with E-state index < -0.39 is 0 Å². The molecule has 0 N–H and O–H groups in total. The number of carbonyl (C=O) groups is 1. The summed E-state index contributed by atoms with van der Waals surface area (Å²) in [5, 5.41) is 1.43. The molecule has 1 unspecified atom stereocenters. The summed E-state index contributed by atoms with van der Waals surface area (Å²) in [6.45, 7) is 5.44. The van der Waals surface area contributed by atoms with Crippen molar-refractivity contribution in [3.05, 3.63) is 58.6 Å². The molecule has 0 spiro atoms. The van der Waals surface area contributed by atoms with E-state index in [9.17, 15) is 4.79 Å². The van der Waals surface area contributed by atoms with E-state index in [0.717, 1.165) is 23.2 Å². The van der Waals surface area contributed by atoms with Crippen LogP contribution < -0.4 is 0 Å². The predicted octanol–water partition coefficient (Wildman–Crippen LogP) is 4.41. The molecule has 1 aliphatic heterocycles. The Balaban J connectivity index is 1.76. The Morgan fingerprint density at radius 1 is 1.26 bits per heavy atom. The molecule has 23 heavy (non-hydrogen) atoms. The van der Waals surface area contributed by atoms with Crippen LogP contribution >= 0.6 is 11.6 Å². The molecule has 2 aromatic heterocycles. The molecule has 1 atom stereocenters. The second kappa shape index (κ2) is 5.17. The highest BCUT2D eigenvalue weighted by Gasteiger charge is 2.31. The van der Waals surface area contributed by atoms with Crippen LogP contribution in [0.25, 0.3) is 11.0 Å². The minimum Gasteiger partial charge on any atom is -0.449 e. The summed E-state index contributed by atoms with van der Waals surface area (Å²) in [5.41, 5.74) is 2.58. The molecule has 3 heterocycles. The number of fused-ring (bicyclic) bond motifs is 2. The summed E-state index contributed by atoms with van der Waals surface area (Å²) in [6.07, 6.45) is 2.06. The van der Waals surface area contributed by atoms with Crippen LogP contribution in [0.1, 0.15) is 34.8 Å². The summed E-state index contributed by atoms with van der Waals surface area (Å²) >= 11 is 6.19. The van der Waals surface area contributed by atoms with Crippen LogP contribution in [0.5, 0.6) is 0 Å². The highest BCUT2D eigenvalue weighted by molar-refractivity contribution is 6.35. The number of para-hydroxylation sites is 1. The van der Waals surface area contributed by atoms with Crippen LogP contribution in [0.4, 0.5) is 0 Å². The number of benzene rings is 1. The van der Waals surface area contributed by atoms with Crippen LogP contribution in [0.3, 0.4) is 0 Å². The molecule has 1 aromatic carbocycles. The lowest BCUT2D eigenvalue weighted by molar-refractivity contribution is 0.0612. The zero-order chi connectivity index (χ0) is 16.1. The number of amides is 1. The number of rotatable bonds is 1. The number of carbonyl (C=O) groups excluding carboxylic acids is 1. The predicted molar refractivity (Wildman–Crippen MR) is 89.8 cm³/mol. The van der Waals surface area contributed by atoms with E-state index in [1.54, 1.807) is 6.07 Å². The number of aryl methyl sites for hydroxylation is 1. The molecule has 0 bridgehead atoms. The number of aromatic nitrogens is 1. The zero-order valence-corrected chi connectivity index (χ0v) is 13.8. The third-order valence-electron chi connectivity index (χ3n) is 4.71. The lowest BCUT2D eigenvalue weighted by Gasteiger charge is -2.34. The maximum absolute atomic E-state index is 13.0. The van der Waals surface area contributed by atoms with Crippen molar-refractivity contribution in [2.24, 2.45) is 0 Å². The lowest BCUT2D eigenvalue weighted by Crippen LogP contribution is -2.40. The number of hydrogen-bond donors (Lipinski definition) is 0. The van der Waals surface area contributed by atoms with Gasteiger partial charge in [0.2, 0.25) is 0 Å². The highest BCUT2D eigenvalue weighted by atomic mass is 35.5. The minimum absolute atomic E-state index is 0.0225. The molecular weight excluding hydrogens is 312 g/mol. The number of halogens is 1. The average molecular weight is 329 g/mol. The molecule has 0 radical (unpaired) electrons. The fraction of sp³-hybridized carbons (Fsp3) is 0.278. The largest absolute Gasteiger partial charge is 0.449 e. The Morgan fingerprint density at radius 3 is 2.87 bits per heavy atom. The monoisotopic (exact) mass is 328 g/mol. The van der Waals surface area contributed by atoms with Gasteiger partial charge in [0.05, 0.1) is 11.1 Å². The zero-order valence-electron chi connectivity index (χ0n) is 13.0. The fourth-order valence-corrected chi connectivity index (χ4v) is 3.61. The van der Waals surface area contributed by atoms with Crippen molar-refractivity contribution < 1.29 is 9.21 Å². The van der Waals surface area contributed by atoms with Crippen molar-refractivity contribution in [1.29, 1.82) is 0 Å². The van der Waals surface area contributed by atoms with E-state index in [4.69, 9.17) is 16.0 Å². The van der Waals surface area contributed by atoms with Gasteiger partial charge in [-0.1, -0.05) is 23.7 Å². The molecular formula is C18H17ClN2O2. The van der Waals surface area contributed by atoms with Crippen molar-refractivity contribution in [3.63, 3.8) is 0 Å². The molecule has 0 saturated carbocycles. The summed E-state index contributed by atoms with van der Waals surface area (Å²) in [4.78, 5) is 14.9. The van der Waals surface area contributed by atoms with Gasteiger partial charge in [-0.15, -0.1) is 0 Å². The first kappa shape index (κ1) is 14.4. The van der Waals surface area contributed by atoms with E-state index in [1.807, 2.05) is 36.9 Å². The van der Waals surface area contributed by atoms with E-state index in [2.05, 4.69) is 16.8 Å². The highest BCUT2D eigenvalue weighted by Crippen LogP contribution is 2.33. The maximum atomic E-state index is 13.0. The summed E-state index contributed by atoms with van der Waals surface area (Å²) in [5.74, 6) is 0.315. The third kappa shape index (κ3) is 2.09. The lowest BCUT2D eigenvalue weighted by atomic mass is 10.1. The van der Waals surface area contributed by atoms with Crippen molar-refractivity contribution in [1.82, 2.24) is 9.47 Å². The van der Waals surface area contributed by atoms with Crippen LogP contribution in [-0.2, 0) is 6.54 Å². The fourth-order valence-electron chi connectivity index (χ4n) is 3.40. The van der Waals surface area contributed by atoms with Crippen molar-refractivity contribution in [2.75, 3.05) is 6.54 Å².